The molecule has 6 nitrogen and oxygen atoms in total. The molecule has 1 amide bonds. The van der Waals surface area contributed by atoms with Gasteiger partial charge in [-0.15, -0.1) is 12.4 Å². The number of nitrogens with one attached hydrogen (secondary N) is 2. The van der Waals surface area contributed by atoms with Crippen molar-refractivity contribution in [1.29, 1.82) is 0 Å². The lowest BCUT2D eigenvalue weighted by Crippen LogP contribution is -2.51. The predicted octanol–water partition coefficient (Wildman–Crippen LogP) is 1.72. The molecule has 1 aromatic rings. The van der Waals surface area contributed by atoms with Gasteiger partial charge >= 0.3 is 0 Å². The second-order valence-corrected chi connectivity index (χ2v) is 7.89. The summed E-state index contributed by atoms with van der Waals surface area (Å²) in [5.41, 5.74) is 6.61. The van der Waals surface area contributed by atoms with E-state index < -0.39 is 10.0 Å². The first-order valence-electron chi connectivity index (χ1n) is 7.96. The van der Waals surface area contributed by atoms with Crippen LogP contribution < -0.4 is 15.8 Å². The summed E-state index contributed by atoms with van der Waals surface area (Å²) in [6.45, 7) is 4.20. The maximum Gasteiger partial charge on any atom is 0.252 e. The lowest BCUT2D eigenvalue weighted by molar-refractivity contribution is 0.0902. The summed E-state index contributed by atoms with van der Waals surface area (Å²) in [6, 6.07) is 4.60. The van der Waals surface area contributed by atoms with Crippen LogP contribution in [0.5, 0.6) is 0 Å². The van der Waals surface area contributed by atoms with Crippen molar-refractivity contribution >= 4 is 28.3 Å². The van der Waals surface area contributed by atoms with Gasteiger partial charge in [0.05, 0.1) is 10.4 Å². The predicted molar refractivity (Wildman–Crippen MR) is 97.0 cm³/mol. The highest BCUT2D eigenvalue weighted by Crippen LogP contribution is 2.29. The average molecular weight is 376 g/mol. The maximum absolute atomic E-state index is 12.6. The van der Waals surface area contributed by atoms with Gasteiger partial charge in [-0.2, -0.15) is 0 Å². The van der Waals surface area contributed by atoms with E-state index in [4.69, 9.17) is 5.73 Å². The number of nitrogens with two attached hydrogens (primary N) is 1. The third-order valence-electron chi connectivity index (χ3n) is 4.43. The van der Waals surface area contributed by atoms with Gasteiger partial charge in [-0.05, 0) is 37.5 Å². The molecule has 0 heterocycles. The fraction of sp³-hybridized carbons (Fsp3) is 0.562. The van der Waals surface area contributed by atoms with E-state index in [1.807, 2.05) is 0 Å². The Morgan fingerprint density at radius 2 is 1.92 bits per heavy atom. The van der Waals surface area contributed by atoms with Crippen LogP contribution in [-0.4, -0.2) is 33.0 Å². The zero-order chi connectivity index (χ0) is 17.1. The molecule has 1 aliphatic rings. The van der Waals surface area contributed by atoms with Crippen LogP contribution in [0, 0.1) is 6.92 Å². The lowest BCUT2D eigenvalue weighted by atomic mass is 9.96. The molecule has 1 aliphatic carbocycles. The van der Waals surface area contributed by atoms with Gasteiger partial charge in [0.25, 0.3) is 5.91 Å². The minimum Gasteiger partial charge on any atom is -0.345 e. The molecule has 0 spiro atoms. The summed E-state index contributed by atoms with van der Waals surface area (Å²) in [7, 11) is -3.59. The molecule has 136 valence electrons. The van der Waals surface area contributed by atoms with E-state index in [0.717, 1.165) is 31.2 Å². The Morgan fingerprint density at radius 1 is 1.29 bits per heavy atom. The molecule has 0 saturated heterocycles. The zero-order valence-electron chi connectivity index (χ0n) is 14.1. The highest BCUT2D eigenvalue weighted by molar-refractivity contribution is 7.89. The van der Waals surface area contributed by atoms with Crippen LogP contribution in [0.25, 0.3) is 0 Å². The smallest absolute Gasteiger partial charge is 0.252 e. The third kappa shape index (κ3) is 4.47. The van der Waals surface area contributed by atoms with Gasteiger partial charge in [-0.25, -0.2) is 13.1 Å². The molecule has 0 radical (unpaired) electrons. The number of rotatable bonds is 6. The molecule has 1 saturated carbocycles. The first kappa shape index (κ1) is 20.9. The molecule has 2 rings (SSSR count). The largest absolute Gasteiger partial charge is 0.345 e. The molecule has 8 heteroatoms. The second kappa shape index (κ2) is 8.29. The van der Waals surface area contributed by atoms with Crippen LogP contribution in [0.15, 0.2) is 23.1 Å². The first-order chi connectivity index (χ1) is 10.8. The lowest BCUT2D eigenvalue weighted by Gasteiger charge is -2.29. The highest BCUT2D eigenvalue weighted by Gasteiger charge is 2.34. The molecule has 24 heavy (non-hydrogen) atoms. The molecule has 1 aromatic carbocycles. The molecular formula is C16H26ClN3O3S. The Hall–Kier alpha value is -1.15. The quantitative estimate of drug-likeness (QED) is 0.704. The van der Waals surface area contributed by atoms with E-state index >= 15 is 0 Å². The minimum atomic E-state index is -3.59. The van der Waals surface area contributed by atoms with Crippen molar-refractivity contribution in [3.8, 4) is 0 Å². The van der Waals surface area contributed by atoms with Gasteiger partial charge in [-0.1, -0.05) is 25.8 Å². The van der Waals surface area contributed by atoms with E-state index in [0.29, 0.717) is 18.7 Å². The standard InChI is InChI=1S/C16H25N3O3S.ClH/c1-3-18-23(21,22)13-7-6-12(2)14(10-13)15(20)19-16(11-17)8-4-5-9-16;/h6-7,10,18H,3-5,8-9,11,17H2,1-2H3,(H,19,20);1H. The van der Waals surface area contributed by atoms with Crippen LogP contribution in [0.3, 0.4) is 0 Å². The van der Waals surface area contributed by atoms with Crippen LogP contribution in [0.1, 0.15) is 48.5 Å². The second-order valence-electron chi connectivity index (χ2n) is 6.12. The van der Waals surface area contributed by atoms with Crippen molar-refractivity contribution in [2.24, 2.45) is 5.73 Å². The monoisotopic (exact) mass is 375 g/mol. The maximum atomic E-state index is 12.6. The Labute approximate surface area is 150 Å². The normalized spacial score (nSPS) is 16.5. The summed E-state index contributed by atoms with van der Waals surface area (Å²) < 4.78 is 26.7. The number of hydrogen-bond acceptors (Lipinski definition) is 4. The zero-order valence-corrected chi connectivity index (χ0v) is 15.7. The molecule has 0 atom stereocenters. The summed E-state index contributed by atoms with van der Waals surface area (Å²) >= 11 is 0. The van der Waals surface area contributed by atoms with Crippen LogP contribution in [0.4, 0.5) is 0 Å². The van der Waals surface area contributed by atoms with Crippen molar-refractivity contribution in [3.05, 3.63) is 29.3 Å². The number of amides is 1. The van der Waals surface area contributed by atoms with E-state index in [9.17, 15) is 13.2 Å². The summed E-state index contributed by atoms with van der Waals surface area (Å²) in [5.74, 6) is -0.261. The number of sulfonamides is 1. The van der Waals surface area contributed by atoms with Crippen molar-refractivity contribution in [1.82, 2.24) is 10.0 Å². The Morgan fingerprint density at radius 3 is 2.46 bits per heavy atom. The van der Waals surface area contributed by atoms with Crippen LogP contribution in [-0.2, 0) is 10.0 Å². The van der Waals surface area contributed by atoms with Crippen LogP contribution >= 0.6 is 12.4 Å². The average Bonchev–Trinajstić information content (AvgIpc) is 2.96. The van der Waals surface area contributed by atoms with Crippen molar-refractivity contribution in [2.75, 3.05) is 13.1 Å². The Balaban J connectivity index is 0.00000288. The van der Waals surface area contributed by atoms with Gasteiger partial charge in [0.2, 0.25) is 10.0 Å². The van der Waals surface area contributed by atoms with Crippen molar-refractivity contribution in [3.63, 3.8) is 0 Å². The molecule has 0 bridgehead atoms. The SMILES string of the molecule is CCNS(=O)(=O)c1ccc(C)c(C(=O)NC2(CN)CCCC2)c1.Cl. The topological polar surface area (TPSA) is 101 Å². The van der Waals surface area contributed by atoms with E-state index in [1.165, 1.54) is 12.1 Å². The van der Waals surface area contributed by atoms with E-state index in [1.54, 1.807) is 19.9 Å². The number of carbonyl (C=O) groups excluding carboxylic acids is 1. The molecular weight excluding hydrogens is 350 g/mol. The fourth-order valence-corrected chi connectivity index (χ4v) is 4.09. The van der Waals surface area contributed by atoms with Gasteiger partial charge in [0, 0.05) is 18.7 Å². The third-order valence-corrected chi connectivity index (χ3v) is 5.97. The minimum absolute atomic E-state index is 0. The first-order valence-corrected chi connectivity index (χ1v) is 9.45. The molecule has 0 aliphatic heterocycles. The van der Waals surface area contributed by atoms with Gasteiger partial charge in [-0.3, -0.25) is 4.79 Å². The van der Waals surface area contributed by atoms with Gasteiger partial charge in [0.1, 0.15) is 0 Å². The Kier molecular flexibility index (Phi) is 7.22. The molecule has 0 unspecified atom stereocenters. The van der Waals surface area contributed by atoms with E-state index in [-0.39, 0.29) is 28.7 Å². The number of carbonyl (C=O) groups is 1. The molecule has 4 N–H and O–H groups in total. The Bertz CT molecular complexity index is 686. The summed E-state index contributed by atoms with van der Waals surface area (Å²) in [6.07, 6.45) is 3.82. The van der Waals surface area contributed by atoms with Gasteiger partial charge < -0.3 is 11.1 Å². The molecule has 0 aromatic heterocycles. The fourth-order valence-electron chi connectivity index (χ4n) is 3.03. The van der Waals surface area contributed by atoms with E-state index in [2.05, 4.69) is 10.0 Å². The number of halogens is 1. The van der Waals surface area contributed by atoms with Crippen LogP contribution in [0.2, 0.25) is 0 Å². The number of hydrogen-bond donors (Lipinski definition) is 3. The van der Waals surface area contributed by atoms with Crippen molar-refractivity contribution < 1.29 is 13.2 Å². The molecule has 1 fully saturated rings. The van der Waals surface area contributed by atoms with Crippen molar-refractivity contribution in [2.45, 2.75) is 50.0 Å². The van der Waals surface area contributed by atoms with Gasteiger partial charge in [0.15, 0.2) is 0 Å². The number of aryl methyl sites for hydroxylation is 1. The summed E-state index contributed by atoms with van der Waals surface area (Å²) in [4.78, 5) is 12.7. The summed E-state index contributed by atoms with van der Waals surface area (Å²) in [5, 5.41) is 3.03. The number of benzene rings is 1. The highest BCUT2D eigenvalue weighted by atomic mass is 35.5.